The van der Waals surface area contributed by atoms with Gasteiger partial charge in [0, 0.05) is 39.9 Å². The minimum Gasteiger partial charge on any atom is -0.422 e. The van der Waals surface area contributed by atoms with Crippen molar-refractivity contribution >= 4 is 56.5 Å². The zero-order valence-electron chi connectivity index (χ0n) is 20.6. The third-order valence-corrected chi connectivity index (χ3v) is 7.26. The molecule has 0 aliphatic heterocycles. The number of anilines is 3. The van der Waals surface area contributed by atoms with Gasteiger partial charge in [-0.15, -0.1) is 0 Å². The molecule has 0 atom stereocenters. The van der Waals surface area contributed by atoms with Gasteiger partial charge in [0.1, 0.15) is 11.2 Å². The molecule has 4 aromatic rings. The molecule has 5 rings (SSSR count). The highest BCUT2D eigenvalue weighted by Crippen LogP contribution is 2.38. The Balaban J connectivity index is 1.75. The van der Waals surface area contributed by atoms with Gasteiger partial charge in [-0.05, 0) is 85.2 Å². The molecule has 0 saturated heterocycles. The van der Waals surface area contributed by atoms with E-state index in [2.05, 4.69) is 10.6 Å². The molecular formula is C28H25FIN3O4. The predicted molar refractivity (Wildman–Crippen MR) is 150 cm³/mol. The van der Waals surface area contributed by atoms with Gasteiger partial charge in [-0.25, -0.2) is 9.18 Å². The van der Waals surface area contributed by atoms with E-state index < -0.39 is 11.4 Å². The first-order valence-electron chi connectivity index (χ1n) is 11.9. The molecule has 0 bridgehead atoms. The highest BCUT2D eigenvalue weighted by Gasteiger charge is 2.31. The fourth-order valence-corrected chi connectivity index (χ4v) is 5.10. The first kappa shape index (κ1) is 25.2. The lowest BCUT2D eigenvalue weighted by Crippen LogP contribution is -2.26. The lowest BCUT2D eigenvalue weighted by molar-refractivity contribution is -0.114. The zero-order valence-corrected chi connectivity index (χ0v) is 22.7. The molecule has 1 amide bonds. The Morgan fingerprint density at radius 3 is 2.59 bits per heavy atom. The van der Waals surface area contributed by atoms with Crippen molar-refractivity contribution in [2.45, 2.75) is 46.1 Å². The Bertz CT molecular complexity index is 1690. The Kier molecular flexibility index (Phi) is 6.65. The molecule has 37 heavy (non-hydrogen) atoms. The van der Waals surface area contributed by atoms with Crippen LogP contribution in [-0.2, 0) is 11.2 Å². The smallest absolute Gasteiger partial charge is 0.341 e. The number of hydrogen-bond donors (Lipinski definition) is 2. The Morgan fingerprint density at radius 1 is 1.16 bits per heavy atom. The van der Waals surface area contributed by atoms with Crippen LogP contribution in [0.5, 0.6) is 0 Å². The molecule has 0 spiro atoms. The van der Waals surface area contributed by atoms with E-state index >= 15 is 0 Å². The molecule has 1 aliphatic carbocycles. The molecule has 7 nitrogen and oxygen atoms in total. The van der Waals surface area contributed by atoms with Crippen LogP contribution in [0.4, 0.5) is 21.5 Å². The van der Waals surface area contributed by atoms with E-state index in [1.165, 1.54) is 13.0 Å². The number of pyridine rings is 1. The monoisotopic (exact) mass is 613 g/mol. The summed E-state index contributed by atoms with van der Waals surface area (Å²) in [6.07, 6.45) is 2.13. The van der Waals surface area contributed by atoms with Crippen molar-refractivity contribution in [1.82, 2.24) is 4.57 Å². The third-order valence-electron chi connectivity index (χ3n) is 6.59. The van der Waals surface area contributed by atoms with Crippen LogP contribution in [0, 0.1) is 23.2 Å². The quantitative estimate of drug-likeness (QED) is 0.263. The summed E-state index contributed by atoms with van der Waals surface area (Å²) in [7, 11) is 0. The molecule has 1 fully saturated rings. The van der Waals surface area contributed by atoms with Gasteiger partial charge < -0.3 is 19.6 Å². The Morgan fingerprint density at radius 2 is 1.92 bits per heavy atom. The number of benzene rings is 2. The highest BCUT2D eigenvalue weighted by molar-refractivity contribution is 14.1. The zero-order chi connectivity index (χ0) is 26.4. The number of nitrogens with zero attached hydrogens (tertiary/aromatic N) is 1. The standard InChI is InChI=1S/C28H25FIN3O4/c1-14-25(32-23-10-7-18(30)13-22(23)29)24-26(37-28(14)36)21(15(2)33(27(24)35)20-8-9-20)12-17-5-4-6-19(11-17)31-16(3)34/h4-7,10-11,13,20,32H,8-9,12H2,1-3H3,(H,31,34). The molecule has 2 N–H and O–H groups in total. The highest BCUT2D eigenvalue weighted by atomic mass is 127. The summed E-state index contributed by atoms with van der Waals surface area (Å²) in [5.74, 6) is -0.668. The molecule has 190 valence electrons. The number of nitrogens with one attached hydrogen (secondary N) is 2. The van der Waals surface area contributed by atoms with Crippen molar-refractivity contribution in [3.05, 3.63) is 95.0 Å². The summed E-state index contributed by atoms with van der Waals surface area (Å²) in [6.45, 7) is 4.87. The van der Waals surface area contributed by atoms with Gasteiger partial charge in [0.2, 0.25) is 5.91 Å². The third kappa shape index (κ3) is 4.92. The number of aromatic nitrogens is 1. The number of hydrogen-bond acceptors (Lipinski definition) is 5. The average Bonchev–Trinajstić information content (AvgIpc) is 3.66. The number of carbonyl (C=O) groups is 1. The van der Waals surface area contributed by atoms with E-state index in [-0.39, 0.29) is 45.4 Å². The predicted octanol–water partition coefficient (Wildman–Crippen LogP) is 5.94. The maximum Gasteiger partial charge on any atom is 0.341 e. The minimum absolute atomic E-state index is 0.0662. The first-order chi connectivity index (χ1) is 17.6. The summed E-state index contributed by atoms with van der Waals surface area (Å²) in [6, 6.07) is 12.2. The van der Waals surface area contributed by atoms with Gasteiger partial charge in [-0.2, -0.15) is 0 Å². The maximum atomic E-state index is 14.8. The summed E-state index contributed by atoms with van der Waals surface area (Å²) in [5, 5.41) is 6.02. The number of halogens is 2. The second-order valence-electron chi connectivity index (χ2n) is 9.37. The number of fused-ring (bicyclic) bond motifs is 1. The SMILES string of the molecule is CC(=O)Nc1cccc(Cc2c(C)n(C3CC3)c(=O)c3c(Nc4ccc(I)cc4F)c(C)c(=O)oc23)c1. The van der Waals surface area contributed by atoms with Crippen LogP contribution in [0.3, 0.4) is 0 Å². The molecule has 1 saturated carbocycles. The molecule has 1 aliphatic rings. The van der Waals surface area contributed by atoms with Crippen LogP contribution >= 0.6 is 22.6 Å². The van der Waals surface area contributed by atoms with Crippen molar-refractivity contribution in [3.8, 4) is 0 Å². The van der Waals surface area contributed by atoms with E-state index in [9.17, 15) is 18.8 Å². The van der Waals surface area contributed by atoms with Crippen LogP contribution in [0.2, 0.25) is 0 Å². The lowest BCUT2D eigenvalue weighted by Gasteiger charge is -2.19. The fourth-order valence-electron chi connectivity index (χ4n) is 4.65. The molecule has 2 aromatic carbocycles. The number of amides is 1. The number of carbonyl (C=O) groups excluding carboxylic acids is 1. The summed E-state index contributed by atoms with van der Waals surface area (Å²) in [5.41, 5.74) is 2.88. The van der Waals surface area contributed by atoms with Gasteiger partial charge in [0.05, 0.1) is 16.9 Å². The largest absolute Gasteiger partial charge is 0.422 e. The second kappa shape index (κ2) is 9.77. The van der Waals surface area contributed by atoms with Gasteiger partial charge in [-0.1, -0.05) is 12.1 Å². The van der Waals surface area contributed by atoms with Crippen LogP contribution in [0.1, 0.15) is 48.2 Å². The summed E-state index contributed by atoms with van der Waals surface area (Å²) >= 11 is 2.02. The van der Waals surface area contributed by atoms with E-state index in [1.54, 1.807) is 29.7 Å². The van der Waals surface area contributed by atoms with Gasteiger partial charge in [0.25, 0.3) is 5.56 Å². The fraction of sp³-hybridized carbons (Fsp3) is 0.250. The van der Waals surface area contributed by atoms with Gasteiger partial charge in [0.15, 0.2) is 5.58 Å². The van der Waals surface area contributed by atoms with E-state index in [4.69, 9.17) is 4.42 Å². The Labute approximate surface area is 225 Å². The molecule has 9 heteroatoms. The average molecular weight is 613 g/mol. The minimum atomic E-state index is -0.600. The molecule has 0 unspecified atom stereocenters. The van der Waals surface area contributed by atoms with Crippen molar-refractivity contribution in [2.75, 3.05) is 10.6 Å². The number of rotatable bonds is 6. The second-order valence-corrected chi connectivity index (χ2v) is 10.6. The molecule has 0 radical (unpaired) electrons. The van der Waals surface area contributed by atoms with Crippen molar-refractivity contribution < 1.29 is 13.6 Å². The van der Waals surface area contributed by atoms with Gasteiger partial charge >= 0.3 is 5.63 Å². The topological polar surface area (TPSA) is 93.3 Å². The van der Waals surface area contributed by atoms with E-state index in [1.807, 2.05) is 47.7 Å². The molecule has 2 heterocycles. The van der Waals surface area contributed by atoms with E-state index in [0.717, 1.165) is 27.7 Å². The summed E-state index contributed by atoms with van der Waals surface area (Å²) < 4.78 is 23.0. The molecule has 2 aromatic heterocycles. The summed E-state index contributed by atoms with van der Waals surface area (Å²) in [4.78, 5) is 38.3. The van der Waals surface area contributed by atoms with Gasteiger partial charge in [-0.3, -0.25) is 9.59 Å². The van der Waals surface area contributed by atoms with Crippen LogP contribution < -0.4 is 21.8 Å². The van der Waals surface area contributed by atoms with Crippen LogP contribution in [-0.4, -0.2) is 10.5 Å². The maximum absolute atomic E-state index is 14.8. The first-order valence-corrected chi connectivity index (χ1v) is 13.0. The van der Waals surface area contributed by atoms with Crippen molar-refractivity contribution in [3.63, 3.8) is 0 Å². The lowest BCUT2D eigenvalue weighted by atomic mass is 9.99. The normalized spacial score (nSPS) is 13.1. The van der Waals surface area contributed by atoms with Crippen LogP contribution in [0.25, 0.3) is 11.0 Å². The van der Waals surface area contributed by atoms with Crippen molar-refractivity contribution in [1.29, 1.82) is 0 Å². The van der Waals surface area contributed by atoms with Crippen LogP contribution in [0.15, 0.2) is 56.5 Å². The van der Waals surface area contributed by atoms with E-state index in [0.29, 0.717) is 17.7 Å². The molecular weight excluding hydrogens is 588 g/mol. The van der Waals surface area contributed by atoms with Crippen molar-refractivity contribution in [2.24, 2.45) is 0 Å². The Hall–Kier alpha value is -3.47.